The number of aryl methyl sites for hydroxylation is 2. The highest BCUT2D eigenvalue weighted by atomic mass is 32.1. The molecule has 1 aromatic heterocycles. The second-order valence-electron chi connectivity index (χ2n) is 5.09. The van der Waals surface area contributed by atoms with Crippen LogP contribution in [0, 0.1) is 6.92 Å². The third-order valence-corrected chi connectivity index (χ3v) is 4.21. The standard InChI is InChI=1S/C15H28N4S/c1-5-6-11-19(4)15(16-3)17-10-8-7-9-14-18-13(2)12-20-14/h12H,5-11H2,1-4H3,(H,16,17). The zero-order valence-corrected chi connectivity index (χ0v) is 14.1. The predicted octanol–water partition coefficient (Wildman–Crippen LogP) is 3.08. The van der Waals surface area contributed by atoms with Crippen LogP contribution in [-0.4, -0.2) is 43.0 Å². The minimum absolute atomic E-state index is 0.980. The SMILES string of the molecule is CCCCN(C)C(=NC)NCCCCc1nc(C)cs1. The van der Waals surface area contributed by atoms with Gasteiger partial charge in [-0.25, -0.2) is 4.98 Å². The van der Waals surface area contributed by atoms with Crippen LogP contribution < -0.4 is 5.32 Å². The van der Waals surface area contributed by atoms with Crippen LogP contribution in [0.4, 0.5) is 0 Å². The predicted molar refractivity (Wildman–Crippen MR) is 88.7 cm³/mol. The average molecular weight is 296 g/mol. The van der Waals surface area contributed by atoms with E-state index in [1.54, 1.807) is 11.3 Å². The van der Waals surface area contributed by atoms with Crippen LogP contribution in [0.1, 0.15) is 43.3 Å². The van der Waals surface area contributed by atoms with Gasteiger partial charge in [-0.1, -0.05) is 13.3 Å². The van der Waals surface area contributed by atoms with Gasteiger partial charge < -0.3 is 10.2 Å². The molecule has 0 aromatic carbocycles. The minimum atomic E-state index is 0.980. The van der Waals surface area contributed by atoms with Crippen molar-refractivity contribution in [1.29, 1.82) is 0 Å². The molecule has 0 spiro atoms. The summed E-state index contributed by atoms with van der Waals surface area (Å²) in [5.74, 6) is 1.00. The van der Waals surface area contributed by atoms with E-state index in [1.807, 2.05) is 7.05 Å². The van der Waals surface area contributed by atoms with E-state index in [1.165, 1.54) is 24.3 Å². The molecule has 1 aromatic rings. The van der Waals surface area contributed by atoms with Crippen LogP contribution >= 0.6 is 11.3 Å². The van der Waals surface area contributed by atoms with Crippen molar-refractivity contribution in [2.45, 2.75) is 46.0 Å². The van der Waals surface area contributed by atoms with Crippen LogP contribution in [0.15, 0.2) is 10.4 Å². The Morgan fingerprint density at radius 1 is 1.40 bits per heavy atom. The van der Waals surface area contributed by atoms with Gasteiger partial charge in [-0.05, 0) is 32.6 Å². The summed E-state index contributed by atoms with van der Waals surface area (Å²) in [5.41, 5.74) is 1.14. The second kappa shape index (κ2) is 9.75. The molecule has 0 radical (unpaired) electrons. The molecule has 1 heterocycles. The third-order valence-electron chi connectivity index (χ3n) is 3.19. The molecule has 1 N–H and O–H groups in total. The molecule has 0 unspecified atom stereocenters. The van der Waals surface area contributed by atoms with Crippen molar-refractivity contribution in [1.82, 2.24) is 15.2 Å². The number of thiazole rings is 1. The number of hydrogen-bond acceptors (Lipinski definition) is 3. The lowest BCUT2D eigenvalue weighted by Gasteiger charge is -2.21. The molecule has 4 nitrogen and oxygen atoms in total. The lowest BCUT2D eigenvalue weighted by atomic mass is 10.2. The van der Waals surface area contributed by atoms with Gasteiger partial charge in [0.15, 0.2) is 5.96 Å². The zero-order valence-electron chi connectivity index (χ0n) is 13.3. The van der Waals surface area contributed by atoms with Crippen molar-refractivity contribution in [3.8, 4) is 0 Å². The van der Waals surface area contributed by atoms with E-state index in [9.17, 15) is 0 Å². The average Bonchev–Trinajstić information content (AvgIpc) is 2.85. The summed E-state index contributed by atoms with van der Waals surface area (Å²) >= 11 is 1.77. The molecule has 0 aliphatic rings. The molecule has 0 saturated heterocycles. The van der Waals surface area contributed by atoms with E-state index < -0.39 is 0 Å². The van der Waals surface area contributed by atoms with Crippen molar-refractivity contribution in [3.05, 3.63) is 16.1 Å². The third kappa shape index (κ3) is 6.37. The number of aliphatic imine (C=N–C) groups is 1. The molecule has 0 aliphatic heterocycles. The minimum Gasteiger partial charge on any atom is -0.356 e. The van der Waals surface area contributed by atoms with Crippen LogP contribution in [-0.2, 0) is 6.42 Å². The highest BCUT2D eigenvalue weighted by Crippen LogP contribution is 2.11. The fourth-order valence-electron chi connectivity index (χ4n) is 2.00. The quantitative estimate of drug-likeness (QED) is 0.455. The normalized spacial score (nSPS) is 11.7. The van der Waals surface area contributed by atoms with Crippen LogP contribution in [0.3, 0.4) is 0 Å². The maximum Gasteiger partial charge on any atom is 0.193 e. The molecule has 0 aliphatic carbocycles. The van der Waals surface area contributed by atoms with E-state index in [0.29, 0.717) is 0 Å². The van der Waals surface area contributed by atoms with Gasteiger partial charge in [-0.3, -0.25) is 4.99 Å². The fraction of sp³-hybridized carbons (Fsp3) is 0.733. The molecule has 0 bridgehead atoms. The van der Waals surface area contributed by atoms with Gasteiger partial charge in [0.2, 0.25) is 0 Å². The van der Waals surface area contributed by atoms with Crippen molar-refractivity contribution in [2.75, 3.05) is 27.2 Å². The summed E-state index contributed by atoms with van der Waals surface area (Å²) in [6, 6.07) is 0. The van der Waals surface area contributed by atoms with Gasteiger partial charge in [0.05, 0.1) is 5.01 Å². The Morgan fingerprint density at radius 3 is 2.80 bits per heavy atom. The number of rotatable bonds is 8. The van der Waals surface area contributed by atoms with E-state index in [4.69, 9.17) is 0 Å². The monoisotopic (exact) mass is 296 g/mol. The molecule has 0 fully saturated rings. The van der Waals surface area contributed by atoms with E-state index in [0.717, 1.165) is 37.6 Å². The molecule has 114 valence electrons. The highest BCUT2D eigenvalue weighted by Gasteiger charge is 2.04. The van der Waals surface area contributed by atoms with Gasteiger partial charge in [0.25, 0.3) is 0 Å². The highest BCUT2D eigenvalue weighted by molar-refractivity contribution is 7.09. The molecule has 1 rings (SSSR count). The van der Waals surface area contributed by atoms with Gasteiger partial charge in [-0.15, -0.1) is 11.3 Å². The molecule has 0 atom stereocenters. The molecule has 0 amide bonds. The maximum atomic E-state index is 4.49. The Kier molecular flexibility index (Phi) is 8.26. The number of nitrogens with one attached hydrogen (secondary N) is 1. The topological polar surface area (TPSA) is 40.5 Å². The van der Waals surface area contributed by atoms with Crippen molar-refractivity contribution in [3.63, 3.8) is 0 Å². The Balaban J connectivity index is 2.15. The number of aromatic nitrogens is 1. The first-order chi connectivity index (χ1) is 9.67. The lowest BCUT2D eigenvalue weighted by Crippen LogP contribution is -2.39. The summed E-state index contributed by atoms with van der Waals surface area (Å²) in [7, 11) is 3.95. The molecule has 5 heteroatoms. The number of nitrogens with zero attached hydrogens (tertiary/aromatic N) is 3. The van der Waals surface area contributed by atoms with Gasteiger partial charge in [0.1, 0.15) is 0 Å². The molecule has 20 heavy (non-hydrogen) atoms. The first-order valence-corrected chi connectivity index (χ1v) is 8.38. The lowest BCUT2D eigenvalue weighted by molar-refractivity contribution is 0.463. The number of hydrogen-bond donors (Lipinski definition) is 1. The number of guanidine groups is 1. The Hall–Kier alpha value is -1.10. The van der Waals surface area contributed by atoms with E-state index in [-0.39, 0.29) is 0 Å². The number of unbranched alkanes of at least 4 members (excludes halogenated alkanes) is 2. The van der Waals surface area contributed by atoms with Crippen LogP contribution in [0.2, 0.25) is 0 Å². The van der Waals surface area contributed by atoms with Gasteiger partial charge >= 0.3 is 0 Å². The van der Waals surface area contributed by atoms with Crippen molar-refractivity contribution in [2.24, 2.45) is 4.99 Å². The van der Waals surface area contributed by atoms with Crippen molar-refractivity contribution < 1.29 is 0 Å². The first-order valence-electron chi connectivity index (χ1n) is 7.50. The molecule has 0 saturated carbocycles. The largest absolute Gasteiger partial charge is 0.356 e. The smallest absolute Gasteiger partial charge is 0.193 e. The summed E-state index contributed by atoms with van der Waals surface area (Å²) in [4.78, 5) is 11.0. The second-order valence-corrected chi connectivity index (χ2v) is 6.03. The van der Waals surface area contributed by atoms with Crippen LogP contribution in [0.5, 0.6) is 0 Å². The van der Waals surface area contributed by atoms with E-state index >= 15 is 0 Å². The van der Waals surface area contributed by atoms with Gasteiger partial charge in [0, 0.05) is 38.3 Å². The zero-order chi connectivity index (χ0) is 14.8. The maximum absolute atomic E-state index is 4.49. The van der Waals surface area contributed by atoms with Crippen molar-refractivity contribution >= 4 is 17.3 Å². The Bertz CT molecular complexity index is 400. The first kappa shape index (κ1) is 17.0. The van der Waals surface area contributed by atoms with E-state index in [2.05, 4.69) is 46.5 Å². The molecular weight excluding hydrogens is 268 g/mol. The Morgan fingerprint density at radius 2 is 2.20 bits per heavy atom. The van der Waals surface area contributed by atoms with Gasteiger partial charge in [-0.2, -0.15) is 0 Å². The summed E-state index contributed by atoms with van der Waals surface area (Å²) in [5, 5.41) is 6.81. The van der Waals surface area contributed by atoms with Crippen LogP contribution in [0.25, 0.3) is 0 Å². The Labute approximate surface area is 127 Å². The summed E-state index contributed by atoms with van der Waals surface area (Å²) < 4.78 is 0. The summed E-state index contributed by atoms with van der Waals surface area (Å²) in [6.45, 7) is 6.31. The fourth-order valence-corrected chi connectivity index (χ4v) is 2.82. The molecular formula is C15H28N4S. The summed E-state index contributed by atoms with van der Waals surface area (Å²) in [6.07, 6.45) is 5.84.